The highest BCUT2D eigenvalue weighted by atomic mass is 16.5. The average Bonchev–Trinajstić information content (AvgIpc) is 3.23. The summed E-state index contributed by atoms with van der Waals surface area (Å²) >= 11 is 0. The fourth-order valence-electron chi connectivity index (χ4n) is 3.71. The third-order valence-corrected chi connectivity index (χ3v) is 5.57. The summed E-state index contributed by atoms with van der Waals surface area (Å²) in [6, 6.07) is 16.2. The van der Waals surface area contributed by atoms with E-state index in [2.05, 4.69) is 41.4 Å². The van der Waals surface area contributed by atoms with Gasteiger partial charge in [-0.2, -0.15) is 4.98 Å². The van der Waals surface area contributed by atoms with Gasteiger partial charge in [0.1, 0.15) is 0 Å². The first-order valence-electron chi connectivity index (χ1n) is 12.2. The molecule has 1 aromatic heterocycles. The average molecular weight is 449 g/mol. The van der Waals surface area contributed by atoms with Gasteiger partial charge >= 0.3 is 6.01 Å². The molecule has 0 saturated heterocycles. The van der Waals surface area contributed by atoms with E-state index >= 15 is 0 Å². The van der Waals surface area contributed by atoms with Crippen LogP contribution >= 0.6 is 0 Å². The number of carbonyl (C=O) groups excluding carboxylic acids is 1. The first kappa shape index (κ1) is 24.5. The molecule has 3 aromatic rings. The highest BCUT2D eigenvalue weighted by Crippen LogP contribution is 2.25. The van der Waals surface area contributed by atoms with Crippen molar-refractivity contribution in [1.29, 1.82) is 0 Å². The third-order valence-electron chi connectivity index (χ3n) is 5.57. The van der Waals surface area contributed by atoms with Crippen molar-refractivity contribution in [1.82, 2.24) is 14.8 Å². The Labute approximate surface area is 197 Å². The minimum absolute atomic E-state index is 0.0658. The summed E-state index contributed by atoms with van der Waals surface area (Å²) in [4.78, 5) is 16.9. The van der Waals surface area contributed by atoms with Crippen LogP contribution in [0.5, 0.6) is 6.01 Å². The van der Waals surface area contributed by atoms with Crippen LogP contribution in [0.15, 0.2) is 48.5 Å². The van der Waals surface area contributed by atoms with Crippen molar-refractivity contribution < 1.29 is 9.53 Å². The summed E-state index contributed by atoms with van der Waals surface area (Å²) in [5, 5.41) is 7.53. The maximum Gasteiger partial charge on any atom is 0.336 e. The molecule has 0 fully saturated rings. The summed E-state index contributed by atoms with van der Waals surface area (Å²) in [6.45, 7) is 6.70. The van der Waals surface area contributed by atoms with Gasteiger partial charge in [0, 0.05) is 17.7 Å². The zero-order valence-corrected chi connectivity index (χ0v) is 20.1. The van der Waals surface area contributed by atoms with Crippen molar-refractivity contribution in [2.45, 2.75) is 72.1 Å². The number of aromatic nitrogens is 3. The van der Waals surface area contributed by atoms with Gasteiger partial charge in [0.05, 0.1) is 12.3 Å². The number of nitrogens with zero attached hydrogens (tertiary/aromatic N) is 3. The number of aryl methyl sites for hydroxylation is 1. The molecule has 0 aliphatic carbocycles. The lowest BCUT2D eigenvalue weighted by Gasteiger charge is -2.09. The van der Waals surface area contributed by atoms with E-state index in [1.807, 2.05) is 43.3 Å². The molecule has 3 rings (SSSR count). The molecule has 0 spiro atoms. The Hall–Kier alpha value is -3.15. The minimum atomic E-state index is 0.0658. The molecule has 2 aromatic carbocycles. The maximum atomic E-state index is 12.3. The van der Waals surface area contributed by atoms with Gasteiger partial charge in [-0.3, -0.25) is 4.79 Å². The largest absolute Gasteiger partial charge is 0.463 e. The van der Waals surface area contributed by atoms with E-state index in [4.69, 9.17) is 4.74 Å². The number of hydrogen-bond acceptors (Lipinski definition) is 4. The molecule has 0 aliphatic rings. The number of carbonyl (C=O) groups is 1. The van der Waals surface area contributed by atoms with E-state index in [9.17, 15) is 4.79 Å². The second kappa shape index (κ2) is 12.8. The number of anilines is 1. The zero-order valence-electron chi connectivity index (χ0n) is 20.1. The lowest BCUT2D eigenvalue weighted by Crippen LogP contribution is -2.11. The molecule has 33 heavy (non-hydrogen) atoms. The standard InChI is InChI=1S/C27H36N4O2/c1-4-6-7-8-9-10-11-12-25(32)28-23-17-19-24(20-18-23)31-26(29-27(30-31)33-5-2)22-15-13-21(3)14-16-22/h13-20H,4-12H2,1-3H3,(H,28,32). The first-order valence-corrected chi connectivity index (χ1v) is 12.2. The van der Waals surface area contributed by atoms with Crippen molar-refractivity contribution in [3.63, 3.8) is 0 Å². The van der Waals surface area contributed by atoms with E-state index in [1.54, 1.807) is 4.68 Å². The van der Waals surface area contributed by atoms with Gasteiger partial charge in [-0.25, -0.2) is 4.68 Å². The minimum Gasteiger partial charge on any atom is -0.463 e. The molecule has 0 saturated carbocycles. The molecule has 176 valence electrons. The van der Waals surface area contributed by atoms with Crippen molar-refractivity contribution in [3.05, 3.63) is 54.1 Å². The molecule has 0 bridgehead atoms. The van der Waals surface area contributed by atoms with Crippen LogP contribution in [0.1, 0.15) is 70.8 Å². The Kier molecular flexibility index (Phi) is 9.48. The molecule has 0 radical (unpaired) electrons. The molecule has 1 amide bonds. The highest BCUT2D eigenvalue weighted by molar-refractivity contribution is 5.90. The van der Waals surface area contributed by atoms with Crippen molar-refractivity contribution in [2.75, 3.05) is 11.9 Å². The van der Waals surface area contributed by atoms with Crippen LogP contribution < -0.4 is 10.1 Å². The van der Waals surface area contributed by atoms with E-state index in [0.29, 0.717) is 24.9 Å². The number of unbranched alkanes of at least 4 members (excludes halogenated alkanes) is 6. The van der Waals surface area contributed by atoms with E-state index in [1.165, 1.54) is 37.7 Å². The van der Waals surface area contributed by atoms with E-state index in [-0.39, 0.29) is 5.91 Å². The molecule has 6 nitrogen and oxygen atoms in total. The molecule has 0 atom stereocenters. The summed E-state index contributed by atoms with van der Waals surface area (Å²) in [5.74, 6) is 0.783. The topological polar surface area (TPSA) is 69.0 Å². The number of benzene rings is 2. The van der Waals surface area contributed by atoms with Crippen molar-refractivity contribution >= 4 is 11.6 Å². The molecular formula is C27H36N4O2. The van der Waals surface area contributed by atoms with Crippen LogP contribution in [0, 0.1) is 6.92 Å². The number of rotatable bonds is 13. The Bertz CT molecular complexity index is 994. The van der Waals surface area contributed by atoms with Crippen LogP contribution in [0.4, 0.5) is 5.69 Å². The number of ether oxygens (including phenoxy) is 1. The molecule has 6 heteroatoms. The predicted molar refractivity (Wildman–Crippen MR) is 134 cm³/mol. The molecular weight excluding hydrogens is 412 g/mol. The first-order chi connectivity index (χ1) is 16.1. The van der Waals surface area contributed by atoms with E-state index in [0.717, 1.165) is 29.8 Å². The Morgan fingerprint density at radius 1 is 0.909 bits per heavy atom. The maximum absolute atomic E-state index is 12.3. The summed E-state index contributed by atoms with van der Waals surface area (Å²) < 4.78 is 7.32. The number of hydrogen-bond donors (Lipinski definition) is 1. The fourth-order valence-corrected chi connectivity index (χ4v) is 3.71. The van der Waals surface area contributed by atoms with Crippen LogP contribution in [0.3, 0.4) is 0 Å². The molecule has 0 unspecified atom stereocenters. The lowest BCUT2D eigenvalue weighted by atomic mass is 10.1. The lowest BCUT2D eigenvalue weighted by molar-refractivity contribution is -0.116. The number of amides is 1. The van der Waals surface area contributed by atoms with Gasteiger partial charge in [-0.15, -0.1) is 5.10 Å². The molecule has 1 N–H and O–H groups in total. The zero-order chi connectivity index (χ0) is 23.5. The second-order valence-corrected chi connectivity index (χ2v) is 8.40. The summed E-state index contributed by atoms with van der Waals surface area (Å²) in [7, 11) is 0. The smallest absolute Gasteiger partial charge is 0.336 e. The number of nitrogens with one attached hydrogen (secondary N) is 1. The van der Waals surface area contributed by atoms with Crippen LogP contribution in [0.2, 0.25) is 0 Å². The SMILES string of the molecule is CCCCCCCCCC(=O)Nc1ccc(-n2nc(OCC)nc2-c2ccc(C)cc2)cc1. The van der Waals surface area contributed by atoms with Crippen LogP contribution in [-0.4, -0.2) is 27.3 Å². The highest BCUT2D eigenvalue weighted by Gasteiger charge is 2.14. The third kappa shape index (κ3) is 7.45. The molecule has 0 aliphatic heterocycles. The fraction of sp³-hybridized carbons (Fsp3) is 0.444. The van der Waals surface area contributed by atoms with Gasteiger partial charge in [0.2, 0.25) is 5.91 Å². The van der Waals surface area contributed by atoms with Gasteiger partial charge in [0.15, 0.2) is 5.82 Å². The van der Waals surface area contributed by atoms with Crippen LogP contribution in [0.25, 0.3) is 17.1 Å². The van der Waals surface area contributed by atoms with Gasteiger partial charge < -0.3 is 10.1 Å². The predicted octanol–water partition coefficient (Wildman–Crippen LogP) is 6.72. The Morgan fingerprint density at radius 3 is 2.24 bits per heavy atom. The van der Waals surface area contributed by atoms with Gasteiger partial charge in [0.25, 0.3) is 0 Å². The second-order valence-electron chi connectivity index (χ2n) is 8.40. The van der Waals surface area contributed by atoms with Gasteiger partial charge in [-0.1, -0.05) is 75.3 Å². The summed E-state index contributed by atoms with van der Waals surface area (Å²) in [6.07, 6.45) is 8.99. The van der Waals surface area contributed by atoms with E-state index < -0.39 is 0 Å². The monoisotopic (exact) mass is 448 g/mol. The van der Waals surface area contributed by atoms with Crippen LogP contribution in [-0.2, 0) is 4.79 Å². The van der Waals surface area contributed by atoms with Crippen molar-refractivity contribution in [2.24, 2.45) is 0 Å². The van der Waals surface area contributed by atoms with Gasteiger partial charge in [-0.05, 0) is 44.5 Å². The summed E-state index contributed by atoms with van der Waals surface area (Å²) in [5.41, 5.74) is 3.79. The molecule has 1 heterocycles. The normalized spacial score (nSPS) is 10.9. The Balaban J connectivity index is 1.61. The van der Waals surface area contributed by atoms with Crippen molar-refractivity contribution in [3.8, 4) is 23.1 Å². The Morgan fingerprint density at radius 2 is 1.58 bits per heavy atom. The quantitative estimate of drug-likeness (QED) is 0.295.